The molecule has 0 saturated carbocycles. The fraction of sp³-hybridized carbons (Fsp3) is 0.500. The van der Waals surface area contributed by atoms with Gasteiger partial charge in [-0.05, 0) is 12.1 Å². The Morgan fingerprint density at radius 1 is 0.800 bits per heavy atom. The first-order valence-electron chi connectivity index (χ1n) is 9.54. The fourth-order valence-electron chi connectivity index (χ4n) is 3.42. The smallest absolute Gasteiger partial charge is 0.303 e. The Morgan fingerprint density at radius 3 is 1.87 bits per heavy atom. The minimum Gasteiger partial charge on any atom is -0.466 e. The van der Waals surface area contributed by atoms with Crippen molar-refractivity contribution in [1.29, 1.82) is 0 Å². The van der Waals surface area contributed by atoms with Gasteiger partial charge < -0.3 is 18.9 Å². The lowest BCUT2D eigenvalue weighted by atomic mass is 10.0. The van der Waals surface area contributed by atoms with Gasteiger partial charge in [-0.3, -0.25) is 19.2 Å². The standard InChI is InChI=1S/C20H26O8SSi/c1-11(21)25-10-16-17(26-12(2)22)18(27-13(3)23)19(28-14(4)24)20(30-16)29-15-8-6-5-7-9-15/h5-9,16-20H,10,30H2,1-4H3/t16?,17-,18?,19-,20-/m0/s1. The molecule has 0 radical (unpaired) electrons. The summed E-state index contributed by atoms with van der Waals surface area (Å²) in [6, 6.07) is 9.56. The number of thioether (sulfide) groups is 1. The van der Waals surface area contributed by atoms with Crippen LogP contribution < -0.4 is 0 Å². The van der Waals surface area contributed by atoms with Gasteiger partial charge in [-0.1, -0.05) is 18.2 Å². The summed E-state index contributed by atoms with van der Waals surface area (Å²) in [5.41, 5.74) is -0.310. The summed E-state index contributed by atoms with van der Waals surface area (Å²) < 4.78 is 21.8. The molecule has 30 heavy (non-hydrogen) atoms. The van der Waals surface area contributed by atoms with Gasteiger partial charge in [0.2, 0.25) is 0 Å². The highest BCUT2D eigenvalue weighted by atomic mass is 32.2. The van der Waals surface area contributed by atoms with Crippen molar-refractivity contribution < 1.29 is 38.1 Å². The number of ether oxygens (including phenoxy) is 4. The third-order valence-electron chi connectivity index (χ3n) is 4.45. The zero-order chi connectivity index (χ0) is 22.3. The van der Waals surface area contributed by atoms with E-state index in [0.717, 1.165) is 4.90 Å². The molecule has 10 heteroatoms. The maximum atomic E-state index is 11.8. The van der Waals surface area contributed by atoms with Crippen molar-refractivity contribution in [3.8, 4) is 0 Å². The molecule has 8 nitrogen and oxygen atoms in total. The van der Waals surface area contributed by atoms with E-state index in [1.807, 2.05) is 30.3 Å². The van der Waals surface area contributed by atoms with Crippen LogP contribution in [-0.4, -0.2) is 63.2 Å². The molecule has 1 aliphatic heterocycles. The largest absolute Gasteiger partial charge is 0.466 e. The second-order valence-corrected chi connectivity index (χ2v) is 11.3. The molecule has 1 heterocycles. The van der Waals surface area contributed by atoms with Crippen LogP contribution in [-0.2, 0) is 38.1 Å². The van der Waals surface area contributed by atoms with E-state index < -0.39 is 51.7 Å². The molecule has 1 fully saturated rings. The van der Waals surface area contributed by atoms with Gasteiger partial charge in [0.1, 0.15) is 6.10 Å². The number of carbonyl (C=O) groups is 4. The normalized spacial score (nSPS) is 26.5. The molecule has 0 spiro atoms. The number of esters is 4. The molecule has 2 rings (SSSR count). The number of hydrogen-bond acceptors (Lipinski definition) is 9. The average molecular weight is 455 g/mol. The average Bonchev–Trinajstić information content (AvgIpc) is 2.64. The summed E-state index contributed by atoms with van der Waals surface area (Å²) in [6.45, 7) is 5.11. The Labute approximate surface area is 181 Å². The Hall–Kier alpha value is -2.33. The molecule has 2 unspecified atom stereocenters. The van der Waals surface area contributed by atoms with Gasteiger partial charge in [-0.25, -0.2) is 0 Å². The molecule has 164 valence electrons. The lowest BCUT2D eigenvalue weighted by molar-refractivity contribution is -0.185. The second-order valence-electron chi connectivity index (χ2n) is 6.99. The molecule has 0 N–H and O–H groups in total. The molecule has 0 aliphatic carbocycles. The summed E-state index contributed by atoms with van der Waals surface area (Å²) in [4.78, 5) is 47.6. The van der Waals surface area contributed by atoms with Gasteiger partial charge in [-0.15, -0.1) is 11.8 Å². The summed E-state index contributed by atoms with van der Waals surface area (Å²) in [5.74, 6) is -2.13. The van der Waals surface area contributed by atoms with E-state index in [-0.39, 0.29) is 17.0 Å². The zero-order valence-corrected chi connectivity index (χ0v) is 19.6. The van der Waals surface area contributed by atoms with Gasteiger partial charge in [0.15, 0.2) is 12.2 Å². The highest BCUT2D eigenvalue weighted by Crippen LogP contribution is 2.39. The fourth-order valence-corrected chi connectivity index (χ4v) is 8.25. The van der Waals surface area contributed by atoms with Gasteiger partial charge in [0, 0.05) is 43.0 Å². The molecular formula is C20H26O8SSi. The first kappa shape index (κ1) is 23.9. The molecule has 1 aliphatic rings. The molecule has 0 amide bonds. The monoisotopic (exact) mass is 454 g/mol. The number of hydrogen-bond donors (Lipinski definition) is 0. The molecular weight excluding hydrogens is 428 g/mol. The van der Waals surface area contributed by atoms with Crippen molar-refractivity contribution in [2.75, 3.05) is 6.61 Å². The van der Waals surface area contributed by atoms with Crippen LogP contribution in [0.25, 0.3) is 0 Å². The van der Waals surface area contributed by atoms with Crippen LogP contribution in [0.2, 0.25) is 5.54 Å². The van der Waals surface area contributed by atoms with Crippen LogP contribution in [0.3, 0.4) is 0 Å². The molecule has 1 saturated heterocycles. The second kappa shape index (κ2) is 11.2. The lowest BCUT2D eigenvalue weighted by Crippen LogP contribution is -2.59. The highest BCUT2D eigenvalue weighted by Gasteiger charge is 2.51. The molecule has 0 aromatic heterocycles. The van der Waals surface area contributed by atoms with Gasteiger partial charge in [-0.2, -0.15) is 0 Å². The zero-order valence-electron chi connectivity index (χ0n) is 17.4. The van der Waals surface area contributed by atoms with Crippen LogP contribution in [0.15, 0.2) is 35.2 Å². The van der Waals surface area contributed by atoms with Crippen molar-refractivity contribution in [2.45, 2.75) is 61.3 Å². The van der Waals surface area contributed by atoms with E-state index in [1.54, 1.807) is 0 Å². The first-order valence-corrected chi connectivity index (χ1v) is 12.1. The third kappa shape index (κ3) is 7.17. The van der Waals surface area contributed by atoms with E-state index in [4.69, 9.17) is 18.9 Å². The first-order chi connectivity index (χ1) is 14.2. The van der Waals surface area contributed by atoms with Crippen molar-refractivity contribution in [2.24, 2.45) is 0 Å². The van der Waals surface area contributed by atoms with Crippen LogP contribution in [0, 0.1) is 0 Å². The lowest BCUT2D eigenvalue weighted by Gasteiger charge is -2.44. The maximum absolute atomic E-state index is 11.8. The quantitative estimate of drug-likeness (QED) is 0.344. The molecule has 5 atom stereocenters. The Kier molecular flexibility index (Phi) is 8.91. The van der Waals surface area contributed by atoms with E-state index in [2.05, 4.69) is 0 Å². The minimum absolute atomic E-state index is 0.0376. The van der Waals surface area contributed by atoms with Crippen molar-refractivity contribution >= 4 is 45.2 Å². The van der Waals surface area contributed by atoms with Crippen LogP contribution in [0.1, 0.15) is 27.7 Å². The topological polar surface area (TPSA) is 105 Å². The number of carbonyl (C=O) groups excluding carboxylic acids is 4. The van der Waals surface area contributed by atoms with Crippen molar-refractivity contribution in [3.63, 3.8) is 0 Å². The summed E-state index contributed by atoms with van der Waals surface area (Å²) >= 11 is 1.52. The predicted octanol–water partition coefficient (Wildman–Crippen LogP) is 1.43. The van der Waals surface area contributed by atoms with E-state index in [0.29, 0.717) is 0 Å². The SMILES string of the molecule is CC(=O)OCC1[SiH2][C@H](Sc2ccccc2)[C@@H](OC(C)=O)C(OC(C)=O)[C@H]1OC(C)=O. The van der Waals surface area contributed by atoms with E-state index >= 15 is 0 Å². The van der Waals surface area contributed by atoms with Crippen LogP contribution in [0.5, 0.6) is 0 Å². The van der Waals surface area contributed by atoms with Crippen LogP contribution >= 0.6 is 11.8 Å². The van der Waals surface area contributed by atoms with Crippen LogP contribution in [0.4, 0.5) is 0 Å². The number of benzene rings is 1. The third-order valence-corrected chi connectivity index (χ3v) is 8.88. The summed E-state index contributed by atoms with van der Waals surface area (Å²) in [5, 5.41) is 0. The molecule has 1 aromatic carbocycles. The number of rotatable bonds is 7. The summed E-state index contributed by atoms with van der Waals surface area (Å²) in [7, 11) is -1.16. The van der Waals surface area contributed by atoms with Gasteiger partial charge in [0.25, 0.3) is 0 Å². The Bertz CT molecular complexity index is 771. The molecule has 1 aromatic rings. The molecule has 0 bridgehead atoms. The van der Waals surface area contributed by atoms with E-state index in [1.165, 1.54) is 39.5 Å². The van der Waals surface area contributed by atoms with Gasteiger partial charge >= 0.3 is 23.9 Å². The van der Waals surface area contributed by atoms with E-state index in [9.17, 15) is 19.2 Å². The minimum atomic E-state index is -1.16. The van der Waals surface area contributed by atoms with Crippen molar-refractivity contribution in [1.82, 2.24) is 0 Å². The van der Waals surface area contributed by atoms with Gasteiger partial charge in [0.05, 0.1) is 16.1 Å². The summed E-state index contributed by atoms with van der Waals surface area (Å²) in [6.07, 6.45) is -2.66. The van der Waals surface area contributed by atoms with Crippen molar-refractivity contribution in [3.05, 3.63) is 30.3 Å². The highest BCUT2D eigenvalue weighted by molar-refractivity contribution is 8.01. The Morgan fingerprint density at radius 2 is 1.33 bits per heavy atom. The Balaban J connectivity index is 2.42. The predicted molar refractivity (Wildman–Crippen MR) is 112 cm³/mol. The maximum Gasteiger partial charge on any atom is 0.303 e.